The van der Waals surface area contributed by atoms with Gasteiger partial charge in [0.1, 0.15) is 6.54 Å². The first-order valence-corrected chi connectivity index (χ1v) is 11.8. The zero-order valence-corrected chi connectivity index (χ0v) is 18.8. The molecule has 1 saturated carbocycles. The summed E-state index contributed by atoms with van der Waals surface area (Å²) >= 11 is 6.05. The van der Waals surface area contributed by atoms with Crippen LogP contribution < -0.4 is 9.73 Å². The van der Waals surface area contributed by atoms with Crippen LogP contribution in [-0.2, 0) is 14.8 Å². The fourth-order valence-corrected chi connectivity index (χ4v) is 5.13. The van der Waals surface area contributed by atoms with E-state index < -0.39 is 15.9 Å². The maximum Gasteiger partial charge on any atom is 0.264 e. The predicted octanol–water partition coefficient (Wildman–Crippen LogP) is 4.59. The second-order valence-electron chi connectivity index (χ2n) is 7.53. The van der Waals surface area contributed by atoms with Crippen LogP contribution >= 0.6 is 11.6 Å². The Balaban J connectivity index is 1.91. The smallest absolute Gasteiger partial charge is 0.264 e. The van der Waals surface area contributed by atoms with Gasteiger partial charge in [0, 0.05) is 10.7 Å². The second-order valence-corrected chi connectivity index (χ2v) is 9.83. The highest BCUT2D eigenvalue weighted by Crippen LogP contribution is 2.29. The van der Waals surface area contributed by atoms with Crippen LogP contribution in [0.5, 0.6) is 0 Å². The summed E-state index contributed by atoms with van der Waals surface area (Å²) in [6, 6.07) is 11.5. The molecular formula is C22H26ClN3O3S. The fourth-order valence-electron chi connectivity index (χ4n) is 3.41. The molecule has 1 aliphatic rings. The van der Waals surface area contributed by atoms with E-state index in [1.807, 2.05) is 6.92 Å². The standard InChI is InChI=1S/C22H26ClN3O3S/c1-16-8-11-20(12-9-16)30(28,29)26(21-13-10-18(23)14-17(21)2)15-22(27)25-24-19-6-4-3-5-7-19/h8-14H,3-7,15H2,1-2H3,(H,25,27). The van der Waals surface area contributed by atoms with Crippen LogP contribution in [0.15, 0.2) is 52.5 Å². The van der Waals surface area contributed by atoms with E-state index >= 15 is 0 Å². The van der Waals surface area contributed by atoms with Crippen LogP contribution in [0.25, 0.3) is 0 Å². The molecule has 2 aromatic rings. The molecule has 0 spiro atoms. The van der Waals surface area contributed by atoms with Crippen LogP contribution in [0, 0.1) is 13.8 Å². The van der Waals surface area contributed by atoms with Gasteiger partial charge in [0.25, 0.3) is 15.9 Å². The summed E-state index contributed by atoms with van der Waals surface area (Å²) in [4.78, 5) is 12.7. The fraction of sp³-hybridized carbons (Fsp3) is 0.364. The monoisotopic (exact) mass is 447 g/mol. The number of hydrogen-bond acceptors (Lipinski definition) is 4. The van der Waals surface area contributed by atoms with Crippen LogP contribution in [0.1, 0.15) is 43.2 Å². The lowest BCUT2D eigenvalue weighted by atomic mass is 9.99. The van der Waals surface area contributed by atoms with Gasteiger partial charge in [0.2, 0.25) is 0 Å². The molecule has 0 atom stereocenters. The third kappa shape index (κ3) is 5.40. The number of rotatable bonds is 6. The van der Waals surface area contributed by atoms with Crippen molar-refractivity contribution in [3.8, 4) is 0 Å². The third-order valence-corrected chi connectivity index (χ3v) is 7.10. The molecule has 0 unspecified atom stereocenters. The van der Waals surface area contributed by atoms with Crippen LogP contribution in [0.4, 0.5) is 5.69 Å². The van der Waals surface area contributed by atoms with Gasteiger partial charge in [0.15, 0.2) is 0 Å². The lowest BCUT2D eigenvalue weighted by Crippen LogP contribution is -2.40. The average Bonchev–Trinajstić information content (AvgIpc) is 2.72. The van der Waals surface area contributed by atoms with E-state index in [9.17, 15) is 13.2 Å². The lowest BCUT2D eigenvalue weighted by molar-refractivity contribution is -0.119. The van der Waals surface area contributed by atoms with Gasteiger partial charge in [-0.3, -0.25) is 9.10 Å². The van der Waals surface area contributed by atoms with E-state index in [1.54, 1.807) is 49.4 Å². The van der Waals surface area contributed by atoms with Gasteiger partial charge in [-0.2, -0.15) is 5.10 Å². The SMILES string of the molecule is Cc1ccc(S(=O)(=O)N(CC(=O)NN=C2CCCCC2)c2ccc(Cl)cc2C)cc1. The number of hydrogen-bond donors (Lipinski definition) is 1. The first kappa shape index (κ1) is 22.3. The van der Waals surface area contributed by atoms with Gasteiger partial charge in [-0.1, -0.05) is 35.7 Å². The molecule has 8 heteroatoms. The molecule has 3 rings (SSSR count). The Bertz CT molecular complexity index is 1040. The van der Waals surface area contributed by atoms with Crippen molar-refractivity contribution in [2.75, 3.05) is 10.8 Å². The van der Waals surface area contributed by atoms with E-state index in [-0.39, 0.29) is 11.4 Å². The zero-order valence-electron chi connectivity index (χ0n) is 17.2. The van der Waals surface area contributed by atoms with Crippen molar-refractivity contribution in [2.24, 2.45) is 5.10 Å². The van der Waals surface area contributed by atoms with Crippen LogP contribution in [-0.4, -0.2) is 26.6 Å². The number of halogens is 1. The first-order valence-electron chi connectivity index (χ1n) is 9.97. The first-order chi connectivity index (χ1) is 14.3. The summed E-state index contributed by atoms with van der Waals surface area (Å²) in [7, 11) is -3.96. The normalized spacial score (nSPS) is 14.3. The number of aryl methyl sites for hydroxylation is 2. The van der Waals surface area contributed by atoms with Crippen molar-refractivity contribution in [3.05, 3.63) is 58.6 Å². The maximum atomic E-state index is 13.4. The number of amides is 1. The number of carbonyl (C=O) groups excluding carboxylic acids is 1. The molecule has 0 saturated heterocycles. The number of carbonyl (C=O) groups is 1. The Morgan fingerprint density at radius 2 is 1.73 bits per heavy atom. The number of hydrazone groups is 1. The van der Waals surface area contributed by atoms with E-state index in [0.717, 1.165) is 41.3 Å². The highest BCUT2D eigenvalue weighted by molar-refractivity contribution is 7.92. The van der Waals surface area contributed by atoms with Crippen molar-refractivity contribution in [1.82, 2.24) is 5.43 Å². The van der Waals surface area contributed by atoms with Gasteiger partial charge in [-0.05, 0) is 75.4 Å². The Labute approximate surface area is 183 Å². The number of nitrogens with zero attached hydrogens (tertiary/aromatic N) is 2. The minimum absolute atomic E-state index is 0.119. The van der Waals surface area contributed by atoms with Gasteiger partial charge in [0.05, 0.1) is 10.6 Å². The van der Waals surface area contributed by atoms with E-state index in [4.69, 9.17) is 11.6 Å². The molecule has 0 bridgehead atoms. The molecule has 0 heterocycles. The molecule has 0 aliphatic heterocycles. The number of benzene rings is 2. The van der Waals surface area contributed by atoms with Gasteiger partial charge < -0.3 is 0 Å². The van der Waals surface area contributed by atoms with Crippen LogP contribution in [0.3, 0.4) is 0 Å². The molecule has 160 valence electrons. The van der Waals surface area contributed by atoms with Crippen molar-refractivity contribution in [3.63, 3.8) is 0 Å². The lowest BCUT2D eigenvalue weighted by Gasteiger charge is -2.25. The molecule has 1 aliphatic carbocycles. The predicted molar refractivity (Wildman–Crippen MR) is 121 cm³/mol. The molecule has 1 N–H and O–H groups in total. The molecule has 1 amide bonds. The maximum absolute atomic E-state index is 13.4. The van der Waals surface area contributed by atoms with Gasteiger partial charge >= 0.3 is 0 Å². The Kier molecular flexibility index (Phi) is 7.15. The Morgan fingerprint density at radius 3 is 2.37 bits per heavy atom. The molecule has 6 nitrogen and oxygen atoms in total. The zero-order chi connectivity index (χ0) is 21.7. The van der Waals surface area contributed by atoms with Gasteiger partial charge in [-0.15, -0.1) is 0 Å². The molecule has 2 aromatic carbocycles. The molecule has 0 radical (unpaired) electrons. The summed E-state index contributed by atoms with van der Waals surface area (Å²) < 4.78 is 27.9. The van der Waals surface area contributed by atoms with Crippen molar-refractivity contribution in [1.29, 1.82) is 0 Å². The minimum Gasteiger partial charge on any atom is -0.271 e. The van der Waals surface area contributed by atoms with E-state index in [2.05, 4.69) is 10.5 Å². The third-order valence-electron chi connectivity index (χ3n) is 5.09. The summed E-state index contributed by atoms with van der Waals surface area (Å²) in [6.07, 6.45) is 5.02. The number of sulfonamides is 1. The summed E-state index contributed by atoms with van der Waals surface area (Å²) in [6.45, 7) is 3.27. The Morgan fingerprint density at radius 1 is 1.07 bits per heavy atom. The summed E-state index contributed by atoms with van der Waals surface area (Å²) in [5.74, 6) is -0.488. The highest BCUT2D eigenvalue weighted by atomic mass is 35.5. The van der Waals surface area contributed by atoms with E-state index in [0.29, 0.717) is 16.3 Å². The second kappa shape index (κ2) is 9.62. The average molecular weight is 448 g/mol. The van der Waals surface area contributed by atoms with Crippen molar-refractivity contribution >= 4 is 38.9 Å². The minimum atomic E-state index is -3.96. The van der Waals surface area contributed by atoms with Crippen molar-refractivity contribution in [2.45, 2.75) is 50.8 Å². The summed E-state index contributed by atoms with van der Waals surface area (Å²) in [5.41, 5.74) is 5.49. The topological polar surface area (TPSA) is 78.8 Å². The number of nitrogens with one attached hydrogen (secondary N) is 1. The molecule has 30 heavy (non-hydrogen) atoms. The molecule has 0 aromatic heterocycles. The summed E-state index contributed by atoms with van der Waals surface area (Å²) in [5, 5.41) is 4.70. The quantitative estimate of drug-likeness (QED) is 0.658. The van der Waals surface area contributed by atoms with E-state index in [1.165, 1.54) is 6.42 Å². The highest BCUT2D eigenvalue weighted by Gasteiger charge is 2.28. The van der Waals surface area contributed by atoms with Gasteiger partial charge in [-0.25, -0.2) is 13.8 Å². The Hall–Kier alpha value is -2.38. The van der Waals surface area contributed by atoms with Crippen LogP contribution in [0.2, 0.25) is 5.02 Å². The molecule has 1 fully saturated rings. The molecular weight excluding hydrogens is 422 g/mol. The largest absolute Gasteiger partial charge is 0.271 e. The number of anilines is 1. The van der Waals surface area contributed by atoms with Crippen molar-refractivity contribution < 1.29 is 13.2 Å².